The summed E-state index contributed by atoms with van der Waals surface area (Å²) in [6.07, 6.45) is 2.76. The molecule has 1 fully saturated rings. The van der Waals surface area contributed by atoms with Crippen molar-refractivity contribution < 1.29 is 23.0 Å². The van der Waals surface area contributed by atoms with Gasteiger partial charge >= 0.3 is 0 Å². The molecule has 1 N–H and O–H groups in total. The van der Waals surface area contributed by atoms with Crippen molar-refractivity contribution in [2.24, 2.45) is 0 Å². The molecule has 0 atom stereocenters. The molecule has 10 heteroatoms. The van der Waals surface area contributed by atoms with Gasteiger partial charge in [0.15, 0.2) is 0 Å². The van der Waals surface area contributed by atoms with E-state index >= 15 is 0 Å². The number of fused-ring (bicyclic) bond motifs is 1. The molecule has 0 bridgehead atoms. The molecule has 0 saturated heterocycles. The topological polar surface area (TPSA) is 90.6 Å². The summed E-state index contributed by atoms with van der Waals surface area (Å²) in [4.78, 5) is 25.0. The van der Waals surface area contributed by atoms with Gasteiger partial charge in [-0.15, -0.1) is 0 Å². The van der Waals surface area contributed by atoms with Crippen LogP contribution in [0, 0.1) is 0 Å². The number of hydrogen-bond acceptors (Lipinski definition) is 6. The van der Waals surface area contributed by atoms with Gasteiger partial charge in [-0.1, -0.05) is 6.07 Å². The summed E-state index contributed by atoms with van der Waals surface area (Å²) in [5, 5.41) is 2.62. The van der Waals surface area contributed by atoms with Gasteiger partial charge in [0.1, 0.15) is 17.1 Å². The number of nitrogens with one attached hydrogen (secondary N) is 1. The van der Waals surface area contributed by atoms with Gasteiger partial charge in [0.25, 0.3) is 12.3 Å². The second-order valence-corrected chi connectivity index (χ2v) is 6.77. The third kappa shape index (κ3) is 3.75. The van der Waals surface area contributed by atoms with E-state index in [1.165, 1.54) is 19.2 Å². The molecule has 0 radical (unpaired) electrons. The molecule has 0 spiro atoms. The monoisotopic (exact) mass is 403 g/mol. The number of hydrogen-bond donors (Lipinski definition) is 1. The summed E-state index contributed by atoms with van der Waals surface area (Å²) in [7, 11) is 3.11. The van der Waals surface area contributed by atoms with E-state index in [0.29, 0.717) is 11.7 Å². The largest absolute Gasteiger partial charge is 0.479 e. The zero-order valence-electron chi connectivity index (χ0n) is 15.8. The van der Waals surface area contributed by atoms with Crippen LogP contribution in [0.3, 0.4) is 0 Å². The fraction of sp³-hybridized carbons (Fsp3) is 0.368. The quantitative estimate of drug-likeness (QED) is 0.680. The average Bonchev–Trinajstić information content (AvgIpc) is 3.08. The molecule has 8 nitrogen and oxygen atoms in total. The minimum Gasteiger partial charge on any atom is -0.479 e. The highest BCUT2D eigenvalue weighted by molar-refractivity contribution is 6.03. The lowest BCUT2D eigenvalue weighted by atomic mass is 9.80. The van der Waals surface area contributed by atoms with Crippen LogP contribution < -0.4 is 10.1 Å². The molecule has 1 saturated carbocycles. The number of imidazole rings is 1. The molecule has 1 amide bonds. The van der Waals surface area contributed by atoms with Crippen molar-refractivity contribution >= 4 is 17.4 Å². The summed E-state index contributed by atoms with van der Waals surface area (Å²) < 4.78 is 37.9. The fourth-order valence-electron chi connectivity index (χ4n) is 3.25. The highest BCUT2D eigenvalue weighted by Crippen LogP contribution is 2.38. The van der Waals surface area contributed by atoms with Crippen LogP contribution >= 0.6 is 0 Å². The van der Waals surface area contributed by atoms with E-state index in [1.807, 2.05) is 6.20 Å². The van der Waals surface area contributed by atoms with Gasteiger partial charge in [0.05, 0.1) is 18.9 Å². The lowest BCUT2D eigenvalue weighted by Gasteiger charge is -2.32. The zero-order valence-corrected chi connectivity index (χ0v) is 15.8. The van der Waals surface area contributed by atoms with Crippen molar-refractivity contribution in [3.05, 3.63) is 47.7 Å². The Morgan fingerprint density at radius 1 is 1.21 bits per heavy atom. The first-order valence-electron chi connectivity index (χ1n) is 9.01. The number of carbonyl (C=O) groups excluding carboxylic acids is 1. The van der Waals surface area contributed by atoms with Crippen LogP contribution in [0.2, 0.25) is 0 Å². The van der Waals surface area contributed by atoms with E-state index in [9.17, 15) is 13.6 Å². The van der Waals surface area contributed by atoms with Crippen LogP contribution in [0.1, 0.15) is 47.1 Å². The highest BCUT2D eigenvalue weighted by atomic mass is 19.3. The first-order chi connectivity index (χ1) is 14.0. The molecule has 3 aromatic heterocycles. The Labute approximate surface area is 164 Å². The second-order valence-electron chi connectivity index (χ2n) is 6.77. The van der Waals surface area contributed by atoms with E-state index < -0.39 is 18.0 Å². The number of ether oxygens (including phenoxy) is 2. The molecular formula is C19H19F2N5O3. The molecule has 0 aromatic carbocycles. The summed E-state index contributed by atoms with van der Waals surface area (Å²) in [5.41, 5.74) is 0.577. The number of methoxy groups -OCH3 is 2. The van der Waals surface area contributed by atoms with Crippen LogP contribution in [0.15, 0.2) is 30.6 Å². The van der Waals surface area contributed by atoms with Crippen LogP contribution in [-0.4, -0.2) is 45.6 Å². The van der Waals surface area contributed by atoms with Gasteiger partial charge in [-0.05, 0) is 25.0 Å². The van der Waals surface area contributed by atoms with E-state index in [2.05, 4.69) is 20.3 Å². The zero-order chi connectivity index (χ0) is 20.5. The molecule has 4 rings (SSSR count). The lowest BCUT2D eigenvalue weighted by Crippen LogP contribution is -2.28. The van der Waals surface area contributed by atoms with Crippen LogP contribution in [0.5, 0.6) is 5.88 Å². The molecule has 29 heavy (non-hydrogen) atoms. The Kier molecular flexibility index (Phi) is 5.10. The number of halogens is 2. The molecule has 0 unspecified atom stereocenters. The number of nitrogens with zero attached hydrogens (tertiary/aromatic N) is 4. The molecule has 3 aromatic rings. The standard InChI is InChI=1S/C19H19F2N5O3/c1-28-11-6-10(7-11)14-8-26-9-15(18(29-2)25-19(26)24-14)23-17(27)13-5-3-4-12(22-13)16(20)21/h3-5,8-11,16H,6-7H2,1-2H3,(H,23,27). The van der Waals surface area contributed by atoms with Crippen LogP contribution in [0.4, 0.5) is 14.5 Å². The summed E-state index contributed by atoms with van der Waals surface area (Å²) in [6, 6.07) is 3.88. The number of pyridine rings is 1. The van der Waals surface area contributed by atoms with Gasteiger partial charge in [0, 0.05) is 25.4 Å². The minimum absolute atomic E-state index is 0.128. The van der Waals surface area contributed by atoms with Gasteiger partial charge < -0.3 is 14.8 Å². The van der Waals surface area contributed by atoms with Crippen LogP contribution in [-0.2, 0) is 4.74 Å². The van der Waals surface area contributed by atoms with Gasteiger partial charge in [-0.25, -0.2) is 18.7 Å². The van der Waals surface area contributed by atoms with E-state index in [-0.39, 0.29) is 23.4 Å². The number of anilines is 1. The van der Waals surface area contributed by atoms with E-state index in [0.717, 1.165) is 24.6 Å². The summed E-state index contributed by atoms with van der Waals surface area (Å²) in [5.74, 6) is 0.256. The van der Waals surface area contributed by atoms with Crippen molar-refractivity contribution in [2.75, 3.05) is 19.5 Å². The first-order valence-corrected chi connectivity index (χ1v) is 9.01. The lowest BCUT2D eigenvalue weighted by molar-refractivity contribution is 0.0249. The van der Waals surface area contributed by atoms with Crippen molar-refractivity contribution in [3.63, 3.8) is 0 Å². The number of carbonyl (C=O) groups is 1. The maximum absolute atomic E-state index is 12.8. The van der Waals surface area contributed by atoms with Crippen molar-refractivity contribution in [1.82, 2.24) is 19.4 Å². The van der Waals surface area contributed by atoms with E-state index in [4.69, 9.17) is 9.47 Å². The smallest absolute Gasteiger partial charge is 0.280 e. The average molecular weight is 403 g/mol. The minimum atomic E-state index is -2.76. The first kappa shape index (κ1) is 19.2. The Morgan fingerprint density at radius 2 is 2.00 bits per heavy atom. The summed E-state index contributed by atoms with van der Waals surface area (Å²) in [6.45, 7) is 0. The summed E-state index contributed by atoms with van der Waals surface area (Å²) >= 11 is 0. The SMILES string of the molecule is COc1nc2nc(C3CC(OC)C3)cn2cc1NC(=O)c1cccc(C(F)F)n1. The Morgan fingerprint density at radius 3 is 2.69 bits per heavy atom. The Balaban J connectivity index is 1.59. The second kappa shape index (κ2) is 7.70. The van der Waals surface area contributed by atoms with Crippen molar-refractivity contribution in [2.45, 2.75) is 31.3 Å². The number of alkyl halides is 2. The van der Waals surface area contributed by atoms with E-state index in [1.54, 1.807) is 17.7 Å². The van der Waals surface area contributed by atoms with Crippen molar-refractivity contribution in [3.8, 4) is 5.88 Å². The van der Waals surface area contributed by atoms with Crippen molar-refractivity contribution in [1.29, 1.82) is 0 Å². The third-order valence-corrected chi connectivity index (χ3v) is 4.95. The molecule has 1 aliphatic carbocycles. The third-order valence-electron chi connectivity index (χ3n) is 4.95. The van der Waals surface area contributed by atoms with Gasteiger partial charge in [-0.3, -0.25) is 9.20 Å². The molecule has 152 valence electrons. The highest BCUT2D eigenvalue weighted by Gasteiger charge is 2.32. The number of aromatic nitrogens is 4. The van der Waals surface area contributed by atoms with Crippen LogP contribution in [0.25, 0.3) is 5.78 Å². The van der Waals surface area contributed by atoms with Gasteiger partial charge in [0.2, 0.25) is 11.7 Å². The Bertz CT molecular complexity index is 1050. The van der Waals surface area contributed by atoms with Gasteiger partial charge in [-0.2, -0.15) is 4.98 Å². The molecular weight excluding hydrogens is 384 g/mol. The molecule has 1 aliphatic rings. The predicted molar refractivity (Wildman–Crippen MR) is 99.5 cm³/mol. The maximum Gasteiger partial charge on any atom is 0.280 e. The fourth-order valence-corrected chi connectivity index (χ4v) is 3.25. The molecule has 0 aliphatic heterocycles. The number of rotatable bonds is 6. The maximum atomic E-state index is 12.8. The Hall–Kier alpha value is -3.14. The normalized spacial score (nSPS) is 18.7. The molecule has 3 heterocycles. The predicted octanol–water partition coefficient (Wildman–Crippen LogP) is 3.22. The number of amides is 1.